The molecule has 0 spiro atoms. The maximum atomic E-state index is 13.7. The van der Waals surface area contributed by atoms with E-state index in [1.165, 1.54) is 6.07 Å². The molecule has 0 aliphatic heterocycles. The molecule has 0 heterocycles. The smallest absolute Gasteiger partial charge is 0.309 e. The first-order valence-electron chi connectivity index (χ1n) is 7.10. The molecule has 0 saturated carbocycles. The Balaban J connectivity index is 1.91. The van der Waals surface area contributed by atoms with Gasteiger partial charge in [-0.25, -0.2) is 4.39 Å². The molecule has 0 radical (unpaired) electrons. The van der Waals surface area contributed by atoms with Gasteiger partial charge < -0.3 is 15.2 Å². The molecular formula is C17H17ClFNO3. The van der Waals surface area contributed by atoms with Crippen LogP contribution in [0.3, 0.4) is 0 Å². The molecule has 1 atom stereocenters. The minimum Gasteiger partial charge on any atom is -0.493 e. The van der Waals surface area contributed by atoms with Crippen LogP contribution in [0.15, 0.2) is 42.5 Å². The fraction of sp³-hybridized carbons (Fsp3) is 0.235. The number of carboxylic acids is 1. The van der Waals surface area contributed by atoms with Crippen molar-refractivity contribution < 1.29 is 19.0 Å². The van der Waals surface area contributed by atoms with E-state index < -0.39 is 11.9 Å². The maximum Gasteiger partial charge on any atom is 0.309 e. The molecule has 122 valence electrons. The van der Waals surface area contributed by atoms with Gasteiger partial charge in [-0.15, -0.1) is 0 Å². The molecule has 2 aromatic rings. The van der Waals surface area contributed by atoms with Crippen molar-refractivity contribution in [3.63, 3.8) is 0 Å². The molecule has 1 unspecified atom stereocenters. The molecule has 0 aliphatic rings. The van der Waals surface area contributed by atoms with E-state index in [2.05, 4.69) is 5.32 Å². The number of nitrogens with one attached hydrogen (secondary N) is 1. The summed E-state index contributed by atoms with van der Waals surface area (Å²) in [7, 11) is 0. The zero-order chi connectivity index (χ0) is 16.8. The third-order valence-electron chi connectivity index (χ3n) is 3.31. The van der Waals surface area contributed by atoms with Gasteiger partial charge in [0.15, 0.2) is 0 Å². The molecule has 0 saturated heterocycles. The topological polar surface area (TPSA) is 58.6 Å². The van der Waals surface area contributed by atoms with Gasteiger partial charge in [0.2, 0.25) is 0 Å². The number of rotatable bonds is 7. The number of ether oxygens (including phenoxy) is 1. The largest absolute Gasteiger partial charge is 0.493 e. The highest BCUT2D eigenvalue weighted by Gasteiger charge is 2.11. The van der Waals surface area contributed by atoms with Crippen molar-refractivity contribution in [2.45, 2.75) is 13.5 Å². The molecule has 2 rings (SSSR count). The number of aliphatic carboxylic acids is 1. The van der Waals surface area contributed by atoms with Crippen molar-refractivity contribution in [2.24, 2.45) is 5.92 Å². The molecule has 2 N–H and O–H groups in total. The average Bonchev–Trinajstić information content (AvgIpc) is 2.53. The Labute approximate surface area is 138 Å². The van der Waals surface area contributed by atoms with Crippen LogP contribution in [0.4, 0.5) is 10.1 Å². The molecule has 0 fully saturated rings. The quantitative estimate of drug-likeness (QED) is 0.795. The van der Waals surface area contributed by atoms with E-state index in [9.17, 15) is 9.18 Å². The Morgan fingerprint density at radius 3 is 2.61 bits per heavy atom. The highest BCUT2D eigenvalue weighted by Crippen LogP contribution is 2.21. The van der Waals surface area contributed by atoms with Gasteiger partial charge in [-0.05, 0) is 43.3 Å². The Kier molecular flexibility index (Phi) is 5.82. The summed E-state index contributed by atoms with van der Waals surface area (Å²) < 4.78 is 19.1. The van der Waals surface area contributed by atoms with Gasteiger partial charge in [0, 0.05) is 22.8 Å². The third kappa shape index (κ3) is 4.86. The van der Waals surface area contributed by atoms with Crippen LogP contribution >= 0.6 is 11.6 Å². The van der Waals surface area contributed by atoms with Crippen molar-refractivity contribution in [1.82, 2.24) is 0 Å². The predicted molar refractivity (Wildman–Crippen MR) is 87.5 cm³/mol. The third-order valence-corrected chi connectivity index (χ3v) is 3.66. The van der Waals surface area contributed by atoms with Gasteiger partial charge in [-0.1, -0.05) is 17.7 Å². The lowest BCUT2D eigenvalue weighted by Crippen LogP contribution is -2.17. The molecular weight excluding hydrogens is 321 g/mol. The van der Waals surface area contributed by atoms with Crippen molar-refractivity contribution in [2.75, 3.05) is 11.9 Å². The van der Waals surface area contributed by atoms with Gasteiger partial charge in [0.25, 0.3) is 0 Å². The molecule has 4 nitrogen and oxygen atoms in total. The van der Waals surface area contributed by atoms with E-state index in [0.29, 0.717) is 16.3 Å². The van der Waals surface area contributed by atoms with Gasteiger partial charge in [-0.3, -0.25) is 4.79 Å². The average molecular weight is 338 g/mol. The minimum absolute atomic E-state index is 0.104. The van der Waals surface area contributed by atoms with E-state index in [-0.39, 0.29) is 19.0 Å². The lowest BCUT2D eigenvalue weighted by atomic mass is 10.2. The lowest BCUT2D eigenvalue weighted by molar-refractivity contribution is -0.142. The number of carboxylic acid groups (broad SMARTS) is 1. The first-order chi connectivity index (χ1) is 11.0. The molecule has 23 heavy (non-hydrogen) atoms. The summed E-state index contributed by atoms with van der Waals surface area (Å²) in [6.45, 7) is 1.95. The second-order valence-corrected chi connectivity index (χ2v) is 5.54. The monoisotopic (exact) mass is 337 g/mol. The van der Waals surface area contributed by atoms with Crippen molar-refractivity contribution >= 4 is 23.3 Å². The normalized spacial score (nSPS) is 11.8. The molecule has 2 aromatic carbocycles. The summed E-state index contributed by atoms with van der Waals surface area (Å²) >= 11 is 5.97. The number of anilines is 1. The van der Waals surface area contributed by atoms with E-state index in [4.69, 9.17) is 21.4 Å². The summed E-state index contributed by atoms with van der Waals surface area (Å²) in [5.74, 6) is -1.25. The SMILES string of the molecule is CC(COc1ccc(NCc2c(F)cccc2Cl)cc1)C(=O)O. The van der Waals surface area contributed by atoms with E-state index >= 15 is 0 Å². The fourth-order valence-electron chi connectivity index (χ4n) is 1.85. The zero-order valence-corrected chi connectivity index (χ0v) is 13.3. The highest BCUT2D eigenvalue weighted by molar-refractivity contribution is 6.31. The zero-order valence-electron chi connectivity index (χ0n) is 12.6. The van der Waals surface area contributed by atoms with Crippen molar-refractivity contribution in [1.29, 1.82) is 0 Å². The Hall–Kier alpha value is -2.27. The number of benzene rings is 2. The molecule has 0 aromatic heterocycles. The van der Waals surface area contributed by atoms with E-state index in [1.54, 1.807) is 43.3 Å². The van der Waals surface area contributed by atoms with Crippen LogP contribution in [0.5, 0.6) is 5.75 Å². The number of hydrogen-bond acceptors (Lipinski definition) is 3. The van der Waals surface area contributed by atoms with Gasteiger partial charge in [0.05, 0.1) is 5.92 Å². The van der Waals surface area contributed by atoms with Crippen LogP contribution in [0.2, 0.25) is 5.02 Å². The van der Waals surface area contributed by atoms with Crippen LogP contribution in [0.1, 0.15) is 12.5 Å². The summed E-state index contributed by atoms with van der Waals surface area (Å²) in [6.07, 6.45) is 0. The molecule has 0 aliphatic carbocycles. The van der Waals surface area contributed by atoms with Gasteiger partial charge >= 0.3 is 5.97 Å². The van der Waals surface area contributed by atoms with Crippen LogP contribution in [0, 0.1) is 11.7 Å². The summed E-state index contributed by atoms with van der Waals surface area (Å²) in [6, 6.07) is 11.6. The Morgan fingerprint density at radius 2 is 2.00 bits per heavy atom. The summed E-state index contributed by atoms with van der Waals surface area (Å²) in [5, 5.41) is 12.2. The number of carbonyl (C=O) groups is 1. The van der Waals surface area contributed by atoms with Gasteiger partial charge in [0.1, 0.15) is 18.2 Å². The summed E-state index contributed by atoms with van der Waals surface area (Å²) in [4.78, 5) is 10.7. The van der Waals surface area contributed by atoms with Crippen LogP contribution in [-0.4, -0.2) is 17.7 Å². The number of hydrogen-bond donors (Lipinski definition) is 2. The van der Waals surface area contributed by atoms with Crippen molar-refractivity contribution in [3.05, 3.63) is 58.9 Å². The van der Waals surface area contributed by atoms with Crippen LogP contribution in [-0.2, 0) is 11.3 Å². The van der Waals surface area contributed by atoms with Crippen LogP contribution in [0.25, 0.3) is 0 Å². The summed E-state index contributed by atoms with van der Waals surface area (Å²) in [5.41, 5.74) is 1.19. The molecule has 0 amide bonds. The standard InChI is InChI=1S/C17H17ClFNO3/c1-11(17(21)22)10-23-13-7-5-12(6-8-13)20-9-14-15(18)3-2-4-16(14)19/h2-8,11,20H,9-10H2,1H3,(H,21,22). The van der Waals surface area contributed by atoms with E-state index in [1.807, 2.05) is 0 Å². The van der Waals surface area contributed by atoms with Gasteiger partial charge in [-0.2, -0.15) is 0 Å². The highest BCUT2D eigenvalue weighted by atomic mass is 35.5. The molecule has 0 bridgehead atoms. The van der Waals surface area contributed by atoms with Crippen LogP contribution < -0.4 is 10.1 Å². The Bertz CT molecular complexity index is 656. The number of halogens is 2. The van der Waals surface area contributed by atoms with Crippen molar-refractivity contribution in [3.8, 4) is 5.75 Å². The second kappa shape index (κ2) is 7.83. The predicted octanol–water partition coefficient (Wildman–Crippen LogP) is 4.19. The Morgan fingerprint density at radius 1 is 1.30 bits per heavy atom. The minimum atomic E-state index is -0.898. The molecule has 6 heteroatoms. The van der Waals surface area contributed by atoms with E-state index in [0.717, 1.165) is 5.69 Å². The fourth-order valence-corrected chi connectivity index (χ4v) is 2.08. The first-order valence-corrected chi connectivity index (χ1v) is 7.47. The lowest BCUT2D eigenvalue weighted by Gasteiger charge is -2.11. The maximum absolute atomic E-state index is 13.7. The second-order valence-electron chi connectivity index (χ2n) is 5.13. The first kappa shape index (κ1) is 17.1.